The summed E-state index contributed by atoms with van der Waals surface area (Å²) in [6.45, 7) is 0.704. The molecular weight excluding hydrogens is 401 g/mol. The zero-order valence-electron chi connectivity index (χ0n) is 16.0. The van der Waals surface area contributed by atoms with E-state index in [4.69, 9.17) is 9.47 Å². The van der Waals surface area contributed by atoms with E-state index in [1.54, 1.807) is 0 Å². The highest BCUT2D eigenvalue weighted by Gasteiger charge is 2.27. The first-order chi connectivity index (χ1) is 14.2. The Labute approximate surface area is 169 Å². The summed E-state index contributed by atoms with van der Waals surface area (Å²) in [6.07, 6.45) is 1.34. The number of rotatable bonds is 6. The average Bonchev–Trinajstić information content (AvgIpc) is 2.67. The summed E-state index contributed by atoms with van der Waals surface area (Å²) in [5, 5.41) is 2.49. The monoisotopic (exact) mass is 418 g/mol. The van der Waals surface area contributed by atoms with Gasteiger partial charge in [0, 0.05) is 36.5 Å². The van der Waals surface area contributed by atoms with Crippen LogP contribution in [0.5, 0.6) is 17.2 Å². The molecule has 2 aromatic carbocycles. The fraction of sp³-hybridized carbons (Fsp3) is 0.143. The first kappa shape index (κ1) is 21.0. The Morgan fingerprint density at radius 1 is 1.07 bits per heavy atom. The number of nitrogens with one attached hydrogen (secondary N) is 2. The van der Waals surface area contributed by atoms with Gasteiger partial charge in [-0.25, -0.2) is 13.2 Å². The van der Waals surface area contributed by atoms with Crippen LogP contribution in [0.15, 0.2) is 59.5 Å². The van der Waals surface area contributed by atoms with Crippen molar-refractivity contribution in [3.05, 3.63) is 82.0 Å². The van der Waals surface area contributed by atoms with E-state index in [9.17, 15) is 22.8 Å². The first-order valence-corrected chi connectivity index (χ1v) is 8.71. The number of carbonyl (C=O) groups excluding carboxylic acids is 1. The average molecular weight is 418 g/mol. The quantitative estimate of drug-likeness (QED) is 0.609. The summed E-state index contributed by atoms with van der Waals surface area (Å²) in [5.74, 6) is -4.86. The number of anilines is 1. The van der Waals surface area contributed by atoms with E-state index in [1.807, 2.05) is 0 Å². The number of alkyl halides is 2. The predicted molar refractivity (Wildman–Crippen MR) is 104 cm³/mol. The molecule has 3 aromatic rings. The van der Waals surface area contributed by atoms with Crippen molar-refractivity contribution in [1.82, 2.24) is 4.98 Å². The third-order valence-corrected chi connectivity index (χ3v) is 4.12. The van der Waals surface area contributed by atoms with Gasteiger partial charge in [0.15, 0.2) is 11.6 Å². The second-order valence-electron chi connectivity index (χ2n) is 6.39. The molecule has 156 valence electrons. The van der Waals surface area contributed by atoms with Crippen LogP contribution in [-0.2, 0) is 5.92 Å². The van der Waals surface area contributed by atoms with E-state index in [-0.39, 0.29) is 34.1 Å². The van der Waals surface area contributed by atoms with Crippen molar-refractivity contribution in [3.63, 3.8) is 0 Å². The van der Waals surface area contributed by atoms with Crippen LogP contribution >= 0.6 is 0 Å². The molecule has 9 heteroatoms. The third-order valence-electron chi connectivity index (χ3n) is 4.12. The van der Waals surface area contributed by atoms with E-state index in [0.29, 0.717) is 6.92 Å². The molecule has 1 heterocycles. The van der Waals surface area contributed by atoms with Crippen LogP contribution in [0, 0.1) is 5.82 Å². The zero-order chi connectivity index (χ0) is 21.9. The number of aromatic nitrogens is 1. The van der Waals surface area contributed by atoms with Crippen LogP contribution in [0.4, 0.5) is 18.9 Å². The fourth-order valence-corrected chi connectivity index (χ4v) is 2.63. The molecule has 30 heavy (non-hydrogen) atoms. The van der Waals surface area contributed by atoms with Crippen LogP contribution in [0.3, 0.4) is 0 Å². The van der Waals surface area contributed by atoms with Crippen LogP contribution in [-0.4, -0.2) is 18.0 Å². The summed E-state index contributed by atoms with van der Waals surface area (Å²) < 4.78 is 51.9. The molecule has 0 atom stereocenters. The zero-order valence-corrected chi connectivity index (χ0v) is 16.0. The lowest BCUT2D eigenvalue weighted by Gasteiger charge is -2.16. The summed E-state index contributed by atoms with van der Waals surface area (Å²) in [4.78, 5) is 26.5. The lowest BCUT2D eigenvalue weighted by Crippen LogP contribution is -2.16. The van der Waals surface area contributed by atoms with Crippen LogP contribution in [0.2, 0.25) is 0 Å². The first-order valence-electron chi connectivity index (χ1n) is 8.71. The van der Waals surface area contributed by atoms with Crippen LogP contribution < -0.4 is 20.3 Å². The van der Waals surface area contributed by atoms with Gasteiger partial charge in [0.25, 0.3) is 11.8 Å². The van der Waals surface area contributed by atoms with Gasteiger partial charge < -0.3 is 19.8 Å². The maximum Gasteiger partial charge on any atom is 0.270 e. The Morgan fingerprint density at radius 3 is 2.47 bits per heavy atom. The van der Waals surface area contributed by atoms with Gasteiger partial charge in [0.2, 0.25) is 5.56 Å². The molecule has 0 unspecified atom stereocenters. The maximum absolute atomic E-state index is 14.0. The van der Waals surface area contributed by atoms with Crippen molar-refractivity contribution < 1.29 is 27.4 Å². The van der Waals surface area contributed by atoms with E-state index in [2.05, 4.69) is 10.3 Å². The van der Waals surface area contributed by atoms with Crippen molar-refractivity contribution in [2.24, 2.45) is 0 Å². The molecule has 2 N–H and O–H groups in total. The van der Waals surface area contributed by atoms with Crippen LogP contribution in [0.1, 0.15) is 22.8 Å². The predicted octanol–water partition coefficient (Wildman–Crippen LogP) is 4.68. The number of carbonyl (C=O) groups is 1. The minimum Gasteiger partial charge on any atom is -0.494 e. The molecule has 6 nitrogen and oxygen atoms in total. The van der Waals surface area contributed by atoms with Crippen molar-refractivity contribution in [1.29, 1.82) is 0 Å². The van der Waals surface area contributed by atoms with Crippen molar-refractivity contribution in [2.45, 2.75) is 12.8 Å². The summed E-state index contributed by atoms with van der Waals surface area (Å²) in [5.41, 5.74) is -0.701. The number of H-pyrrole nitrogens is 1. The van der Waals surface area contributed by atoms with E-state index < -0.39 is 23.2 Å². The Kier molecular flexibility index (Phi) is 5.81. The second-order valence-corrected chi connectivity index (χ2v) is 6.39. The highest BCUT2D eigenvalue weighted by Crippen LogP contribution is 2.35. The lowest BCUT2D eigenvalue weighted by molar-refractivity contribution is 0.0172. The largest absolute Gasteiger partial charge is 0.494 e. The van der Waals surface area contributed by atoms with Gasteiger partial charge in [-0.1, -0.05) is 6.07 Å². The Balaban J connectivity index is 1.99. The molecule has 0 radical (unpaired) electrons. The van der Waals surface area contributed by atoms with Crippen molar-refractivity contribution >= 4 is 11.6 Å². The molecule has 1 amide bonds. The SMILES string of the molecule is COc1ccc(Oc2cc(C(C)(F)F)ccc2C(=O)Nc2cc[nH]c(=O)c2)cc1F. The van der Waals surface area contributed by atoms with Gasteiger partial charge in [0.05, 0.1) is 12.7 Å². The van der Waals surface area contributed by atoms with Gasteiger partial charge in [-0.05, 0) is 30.3 Å². The molecule has 3 rings (SSSR count). The molecular formula is C21H17F3N2O4. The minimum absolute atomic E-state index is 0.0184. The third kappa shape index (κ3) is 4.80. The Bertz CT molecular complexity index is 1140. The molecule has 1 aromatic heterocycles. The lowest BCUT2D eigenvalue weighted by atomic mass is 10.1. The molecule has 0 spiro atoms. The molecule has 0 fully saturated rings. The summed E-state index contributed by atoms with van der Waals surface area (Å²) in [6, 6.07) is 9.57. The number of amides is 1. The highest BCUT2D eigenvalue weighted by molar-refractivity contribution is 6.06. The number of benzene rings is 2. The fourth-order valence-electron chi connectivity index (χ4n) is 2.63. The number of hydrogen-bond acceptors (Lipinski definition) is 4. The Hall–Kier alpha value is -3.75. The van der Waals surface area contributed by atoms with Crippen molar-refractivity contribution in [3.8, 4) is 17.2 Å². The molecule has 0 bridgehead atoms. The standard InChI is InChI=1S/C21H17F3N2O4/c1-21(23,24)12-3-5-15(20(28)26-13-7-8-25-19(27)10-13)18(9-12)30-14-4-6-17(29-2)16(22)11-14/h3-11H,1-2H3,(H2,25,26,27,28). The summed E-state index contributed by atoms with van der Waals surface area (Å²) >= 11 is 0. The molecule has 0 aliphatic carbocycles. The van der Waals surface area contributed by atoms with Gasteiger partial charge in [0.1, 0.15) is 11.5 Å². The van der Waals surface area contributed by atoms with Gasteiger partial charge in [-0.15, -0.1) is 0 Å². The topological polar surface area (TPSA) is 80.4 Å². The van der Waals surface area contributed by atoms with E-state index in [0.717, 1.165) is 24.3 Å². The smallest absolute Gasteiger partial charge is 0.270 e. The van der Waals surface area contributed by atoms with E-state index in [1.165, 1.54) is 37.6 Å². The van der Waals surface area contributed by atoms with E-state index >= 15 is 0 Å². The molecule has 0 aliphatic rings. The van der Waals surface area contributed by atoms with Gasteiger partial charge in [-0.2, -0.15) is 0 Å². The number of ether oxygens (including phenoxy) is 2. The van der Waals surface area contributed by atoms with Gasteiger partial charge in [-0.3, -0.25) is 9.59 Å². The maximum atomic E-state index is 14.0. The number of halogens is 3. The molecule has 0 saturated heterocycles. The Morgan fingerprint density at radius 2 is 1.83 bits per heavy atom. The summed E-state index contributed by atoms with van der Waals surface area (Å²) in [7, 11) is 1.29. The van der Waals surface area contributed by atoms with Crippen LogP contribution in [0.25, 0.3) is 0 Å². The second kappa shape index (κ2) is 8.32. The normalized spacial score (nSPS) is 11.1. The molecule has 0 saturated carbocycles. The minimum atomic E-state index is -3.19. The molecule has 0 aliphatic heterocycles. The highest BCUT2D eigenvalue weighted by atomic mass is 19.3. The number of pyridine rings is 1. The number of hydrogen-bond donors (Lipinski definition) is 2. The van der Waals surface area contributed by atoms with Gasteiger partial charge >= 0.3 is 0 Å². The number of methoxy groups -OCH3 is 1. The van der Waals surface area contributed by atoms with Crippen molar-refractivity contribution in [2.75, 3.05) is 12.4 Å². The number of aromatic amines is 1.